The van der Waals surface area contributed by atoms with Gasteiger partial charge in [0.25, 0.3) is 0 Å². The van der Waals surface area contributed by atoms with Crippen LogP contribution in [0.3, 0.4) is 0 Å². The molecule has 0 bridgehead atoms. The van der Waals surface area contributed by atoms with Gasteiger partial charge in [-0.1, -0.05) is 17.7 Å². The van der Waals surface area contributed by atoms with E-state index in [1.165, 1.54) is 0 Å². The Kier molecular flexibility index (Phi) is 2.57. The van der Waals surface area contributed by atoms with Crippen molar-refractivity contribution < 1.29 is 14.6 Å². The molecule has 80 valence electrons. The molecule has 0 aromatic heterocycles. The minimum Gasteiger partial charge on any atom is -0.496 e. The summed E-state index contributed by atoms with van der Waals surface area (Å²) in [6.07, 6.45) is 0.648. The zero-order valence-corrected chi connectivity index (χ0v) is 8.99. The Hall–Kier alpha value is -1.22. The van der Waals surface area contributed by atoms with Gasteiger partial charge >= 0.3 is 5.97 Å². The van der Waals surface area contributed by atoms with Crippen molar-refractivity contribution in [3.8, 4) is 5.75 Å². The first-order chi connectivity index (χ1) is 7.15. The third kappa shape index (κ3) is 1.79. The molecule has 0 heterocycles. The first-order valence-corrected chi connectivity index (χ1v) is 5.08. The molecule has 1 aromatic rings. The fourth-order valence-electron chi connectivity index (χ4n) is 1.84. The van der Waals surface area contributed by atoms with Gasteiger partial charge in [0.1, 0.15) is 5.75 Å². The van der Waals surface area contributed by atoms with Crippen LogP contribution in [-0.4, -0.2) is 18.2 Å². The van der Waals surface area contributed by atoms with Crippen LogP contribution in [0.1, 0.15) is 17.9 Å². The van der Waals surface area contributed by atoms with Gasteiger partial charge in [-0.15, -0.1) is 0 Å². The first kappa shape index (κ1) is 10.3. The molecule has 0 saturated heterocycles. The van der Waals surface area contributed by atoms with E-state index in [-0.39, 0.29) is 11.8 Å². The summed E-state index contributed by atoms with van der Waals surface area (Å²) in [4.78, 5) is 10.8. The highest BCUT2D eigenvalue weighted by Crippen LogP contribution is 2.52. The summed E-state index contributed by atoms with van der Waals surface area (Å²) in [6.45, 7) is 0. The van der Waals surface area contributed by atoms with Crippen LogP contribution >= 0.6 is 11.6 Å². The van der Waals surface area contributed by atoms with Gasteiger partial charge in [0.15, 0.2) is 0 Å². The highest BCUT2D eigenvalue weighted by molar-refractivity contribution is 6.31. The lowest BCUT2D eigenvalue weighted by Gasteiger charge is -2.09. The van der Waals surface area contributed by atoms with E-state index in [9.17, 15) is 4.79 Å². The van der Waals surface area contributed by atoms with Crippen molar-refractivity contribution >= 4 is 17.6 Å². The molecule has 1 N–H and O–H groups in total. The Bertz CT molecular complexity index is 403. The molecule has 1 aliphatic rings. The van der Waals surface area contributed by atoms with Crippen LogP contribution in [-0.2, 0) is 4.79 Å². The van der Waals surface area contributed by atoms with Crippen molar-refractivity contribution in [2.75, 3.05) is 7.11 Å². The molecule has 15 heavy (non-hydrogen) atoms. The second-order valence-electron chi connectivity index (χ2n) is 3.64. The van der Waals surface area contributed by atoms with E-state index in [1.807, 2.05) is 0 Å². The molecule has 1 aromatic carbocycles. The molecular weight excluding hydrogens is 216 g/mol. The zero-order chi connectivity index (χ0) is 11.0. The van der Waals surface area contributed by atoms with E-state index in [2.05, 4.69) is 0 Å². The number of aliphatic carboxylic acids is 1. The number of halogens is 1. The molecule has 0 aliphatic heterocycles. The Balaban J connectivity index is 2.33. The van der Waals surface area contributed by atoms with E-state index >= 15 is 0 Å². The maximum absolute atomic E-state index is 10.8. The van der Waals surface area contributed by atoms with Gasteiger partial charge in [0, 0.05) is 16.5 Å². The topological polar surface area (TPSA) is 46.5 Å². The van der Waals surface area contributed by atoms with E-state index in [4.69, 9.17) is 21.4 Å². The molecular formula is C11H11ClO3. The fraction of sp³-hybridized carbons (Fsp3) is 0.364. The molecule has 0 amide bonds. The second-order valence-corrected chi connectivity index (χ2v) is 4.05. The van der Waals surface area contributed by atoms with E-state index in [0.29, 0.717) is 17.2 Å². The summed E-state index contributed by atoms with van der Waals surface area (Å²) in [5.74, 6) is -0.386. The highest BCUT2D eigenvalue weighted by Gasteiger charge is 2.46. The van der Waals surface area contributed by atoms with Crippen molar-refractivity contribution in [2.24, 2.45) is 5.92 Å². The molecule has 4 heteroatoms. The normalized spacial score (nSPS) is 23.6. The lowest BCUT2D eigenvalue weighted by molar-refractivity contribution is -0.138. The summed E-state index contributed by atoms with van der Waals surface area (Å²) in [7, 11) is 1.56. The average Bonchev–Trinajstić information content (AvgIpc) is 2.96. The first-order valence-electron chi connectivity index (χ1n) is 4.70. The van der Waals surface area contributed by atoms with Crippen LogP contribution in [0.2, 0.25) is 5.02 Å². The number of carbonyl (C=O) groups is 1. The minimum absolute atomic E-state index is 0.00569. The van der Waals surface area contributed by atoms with Crippen molar-refractivity contribution in [2.45, 2.75) is 12.3 Å². The number of ether oxygens (including phenoxy) is 1. The molecule has 1 aliphatic carbocycles. The predicted octanol–water partition coefficient (Wildman–Crippen LogP) is 2.54. The standard InChI is InChI=1S/C11H11ClO3/c1-15-9-4-2-3-8(12)10(9)6-5-7(6)11(13)14/h2-4,6-7H,5H2,1H3,(H,13,14)/t6-,7-/m1/s1. The van der Waals surface area contributed by atoms with Crippen molar-refractivity contribution in [3.05, 3.63) is 28.8 Å². The number of rotatable bonds is 3. The van der Waals surface area contributed by atoms with Gasteiger partial charge in [-0.2, -0.15) is 0 Å². The van der Waals surface area contributed by atoms with Crippen LogP contribution in [0, 0.1) is 5.92 Å². The summed E-state index contributed by atoms with van der Waals surface area (Å²) in [6, 6.07) is 5.36. The minimum atomic E-state index is -0.762. The Labute approximate surface area is 92.6 Å². The number of hydrogen-bond donors (Lipinski definition) is 1. The summed E-state index contributed by atoms with van der Waals surface area (Å²) in [5.41, 5.74) is 0.828. The molecule has 3 nitrogen and oxygen atoms in total. The Morgan fingerprint density at radius 3 is 2.87 bits per heavy atom. The number of benzene rings is 1. The lowest BCUT2D eigenvalue weighted by Crippen LogP contribution is -2.00. The zero-order valence-electron chi connectivity index (χ0n) is 8.24. The molecule has 0 radical (unpaired) electrons. The fourth-order valence-corrected chi connectivity index (χ4v) is 2.15. The third-order valence-corrected chi connectivity index (χ3v) is 3.04. The van der Waals surface area contributed by atoms with Crippen LogP contribution in [0.4, 0.5) is 0 Å². The maximum atomic E-state index is 10.8. The number of carboxylic acids is 1. The molecule has 0 spiro atoms. The Morgan fingerprint density at radius 1 is 1.60 bits per heavy atom. The Morgan fingerprint density at radius 2 is 2.33 bits per heavy atom. The molecule has 1 fully saturated rings. The van der Waals surface area contributed by atoms with Gasteiger partial charge in [0.2, 0.25) is 0 Å². The van der Waals surface area contributed by atoms with Gasteiger partial charge < -0.3 is 9.84 Å². The lowest BCUT2D eigenvalue weighted by atomic mass is 10.1. The second kappa shape index (κ2) is 3.74. The highest BCUT2D eigenvalue weighted by atomic mass is 35.5. The van der Waals surface area contributed by atoms with Crippen molar-refractivity contribution in [1.29, 1.82) is 0 Å². The van der Waals surface area contributed by atoms with E-state index < -0.39 is 5.97 Å². The summed E-state index contributed by atoms with van der Waals surface area (Å²) in [5, 5.41) is 9.44. The van der Waals surface area contributed by atoms with Crippen LogP contribution < -0.4 is 4.74 Å². The largest absolute Gasteiger partial charge is 0.496 e. The predicted molar refractivity (Wildman–Crippen MR) is 56.5 cm³/mol. The molecule has 1 saturated carbocycles. The molecule has 0 unspecified atom stereocenters. The third-order valence-electron chi connectivity index (χ3n) is 2.71. The summed E-state index contributed by atoms with van der Waals surface area (Å²) >= 11 is 6.04. The van der Waals surface area contributed by atoms with Gasteiger partial charge in [0.05, 0.1) is 13.0 Å². The van der Waals surface area contributed by atoms with Crippen molar-refractivity contribution in [3.63, 3.8) is 0 Å². The van der Waals surface area contributed by atoms with E-state index in [0.717, 1.165) is 5.56 Å². The number of methoxy groups -OCH3 is 1. The smallest absolute Gasteiger partial charge is 0.307 e. The van der Waals surface area contributed by atoms with Gasteiger partial charge in [-0.05, 0) is 18.6 Å². The SMILES string of the molecule is COc1cccc(Cl)c1[C@@H]1C[C@H]1C(=O)O. The van der Waals surface area contributed by atoms with Crippen LogP contribution in [0.5, 0.6) is 5.75 Å². The van der Waals surface area contributed by atoms with Crippen LogP contribution in [0.15, 0.2) is 18.2 Å². The number of carboxylic acid groups (broad SMARTS) is 1. The molecule has 2 atom stereocenters. The maximum Gasteiger partial charge on any atom is 0.307 e. The van der Waals surface area contributed by atoms with Gasteiger partial charge in [-0.25, -0.2) is 0 Å². The van der Waals surface area contributed by atoms with Crippen LogP contribution in [0.25, 0.3) is 0 Å². The van der Waals surface area contributed by atoms with E-state index in [1.54, 1.807) is 25.3 Å². The quantitative estimate of drug-likeness (QED) is 0.862. The van der Waals surface area contributed by atoms with Gasteiger partial charge in [-0.3, -0.25) is 4.79 Å². The van der Waals surface area contributed by atoms with Crippen molar-refractivity contribution in [1.82, 2.24) is 0 Å². The summed E-state index contributed by atoms with van der Waals surface area (Å²) < 4.78 is 5.18. The monoisotopic (exact) mass is 226 g/mol. The average molecular weight is 227 g/mol. The molecule has 2 rings (SSSR count). The number of hydrogen-bond acceptors (Lipinski definition) is 2.